The first-order valence-corrected chi connectivity index (χ1v) is 22.4. The lowest BCUT2D eigenvalue weighted by Gasteiger charge is -2.16. The quantitative estimate of drug-likeness (QED) is 0.113. The maximum atomic E-state index is 14.6. The summed E-state index contributed by atoms with van der Waals surface area (Å²) < 4.78 is 1.75. The van der Waals surface area contributed by atoms with E-state index in [0.717, 1.165) is 68.2 Å². The third-order valence-electron chi connectivity index (χ3n) is 9.59. The van der Waals surface area contributed by atoms with Crippen LogP contribution in [0.3, 0.4) is 0 Å². The number of allylic oxidation sites excluding steroid dienone is 3. The number of anilines is 1. The lowest BCUT2D eigenvalue weighted by Crippen LogP contribution is -2.25. The summed E-state index contributed by atoms with van der Waals surface area (Å²) in [5.74, 6) is 6.23. The summed E-state index contributed by atoms with van der Waals surface area (Å²) in [5.41, 5.74) is 4.62. The van der Waals surface area contributed by atoms with Crippen LogP contribution in [0.15, 0.2) is 29.8 Å². The van der Waals surface area contributed by atoms with Crippen LogP contribution in [0.25, 0.3) is 21.5 Å². The van der Waals surface area contributed by atoms with Crippen LogP contribution in [0.4, 0.5) is 10.7 Å². The highest BCUT2D eigenvalue weighted by Gasteiger charge is 2.32. The van der Waals surface area contributed by atoms with Gasteiger partial charge in [0, 0.05) is 28.6 Å². The molecule has 5 rings (SSSR count). The Bertz CT molecular complexity index is 1920. The summed E-state index contributed by atoms with van der Waals surface area (Å²) in [4.78, 5) is 44.7. The van der Waals surface area contributed by atoms with Crippen molar-refractivity contribution in [3.8, 4) is 0 Å². The van der Waals surface area contributed by atoms with Crippen molar-refractivity contribution in [2.24, 2.45) is 16.8 Å². The number of carbonyl (C=O) groups is 2. The molecule has 1 aliphatic heterocycles. The molecule has 11 heteroatoms. The number of aryl methyl sites for hydroxylation is 2. The van der Waals surface area contributed by atoms with Gasteiger partial charge < -0.3 is 4.90 Å². The fraction of sp³-hybridized carbons (Fsp3) is 0.487. The summed E-state index contributed by atoms with van der Waals surface area (Å²) >= 11 is 8.56. The van der Waals surface area contributed by atoms with Crippen LogP contribution in [0.1, 0.15) is 107 Å². The number of amides is 1. The Morgan fingerprint density at radius 2 is 1.70 bits per heavy atom. The first kappa shape index (κ1) is 38.8. The van der Waals surface area contributed by atoms with Gasteiger partial charge >= 0.3 is 0 Å². The molecule has 6 nitrogen and oxygen atoms in total. The molecule has 0 saturated carbocycles. The smallest absolute Gasteiger partial charge is 0.274 e. The molecule has 1 amide bonds. The number of nitrogens with zero attached hydrogens (tertiary/aromatic N) is 4. The van der Waals surface area contributed by atoms with Gasteiger partial charge in [0.25, 0.3) is 11.8 Å². The zero-order valence-electron chi connectivity index (χ0n) is 30.7. The molecule has 5 heterocycles. The van der Waals surface area contributed by atoms with E-state index in [2.05, 4.69) is 46.4 Å². The van der Waals surface area contributed by atoms with Crippen LogP contribution in [0.5, 0.6) is 0 Å². The minimum absolute atomic E-state index is 0.152. The molecule has 1 aliphatic rings. The Morgan fingerprint density at radius 3 is 2.36 bits per heavy atom. The molecule has 0 bridgehead atoms. The van der Waals surface area contributed by atoms with E-state index in [1.165, 1.54) is 46.1 Å². The van der Waals surface area contributed by atoms with Crippen LogP contribution in [-0.4, -0.2) is 57.6 Å². The van der Waals surface area contributed by atoms with E-state index in [1.54, 1.807) is 38.4 Å². The number of fused-ring (bicyclic) bond motifs is 3. The minimum atomic E-state index is -0.171. The van der Waals surface area contributed by atoms with Crippen LogP contribution in [0.2, 0.25) is 0 Å². The van der Waals surface area contributed by atoms with Crippen molar-refractivity contribution in [2.45, 2.75) is 80.6 Å². The first-order chi connectivity index (χ1) is 24.0. The van der Waals surface area contributed by atoms with Crippen molar-refractivity contribution in [1.82, 2.24) is 9.55 Å². The highest BCUT2D eigenvalue weighted by Crippen LogP contribution is 2.43. The van der Waals surface area contributed by atoms with Gasteiger partial charge in [0.2, 0.25) is 0 Å². The zero-order chi connectivity index (χ0) is 36.1. The number of aliphatic imine (C=N–C) groups is 1. The molecular formula is C39H50N4O2S5. The number of rotatable bonds is 15. The van der Waals surface area contributed by atoms with Crippen LogP contribution in [-0.2, 0) is 12.8 Å². The maximum Gasteiger partial charge on any atom is 0.274 e. The van der Waals surface area contributed by atoms with Gasteiger partial charge in [-0.1, -0.05) is 59.6 Å². The van der Waals surface area contributed by atoms with Gasteiger partial charge in [-0.05, 0) is 97.3 Å². The lowest BCUT2D eigenvalue weighted by atomic mass is 10.0. The van der Waals surface area contributed by atoms with E-state index in [0.29, 0.717) is 32.6 Å². The van der Waals surface area contributed by atoms with Crippen LogP contribution < -0.4 is 4.90 Å². The third kappa shape index (κ3) is 8.27. The third-order valence-corrected chi connectivity index (χ3v) is 15.5. The summed E-state index contributed by atoms with van der Waals surface area (Å²) in [6, 6.07) is 4.24. The van der Waals surface area contributed by atoms with Crippen LogP contribution >= 0.6 is 57.5 Å². The molecule has 4 aromatic rings. The van der Waals surface area contributed by atoms with Crippen molar-refractivity contribution in [3.63, 3.8) is 0 Å². The molecule has 0 spiro atoms. The second-order valence-electron chi connectivity index (χ2n) is 13.1. The maximum absolute atomic E-state index is 14.6. The molecule has 268 valence electrons. The Kier molecular flexibility index (Phi) is 13.5. The number of aromatic nitrogens is 2. The number of hydrogen-bond donors (Lipinski definition) is 0. The number of carbonyl (C=O) groups excluding carboxylic acids is 2. The van der Waals surface area contributed by atoms with Crippen molar-refractivity contribution < 1.29 is 9.59 Å². The Labute approximate surface area is 318 Å². The van der Waals surface area contributed by atoms with Gasteiger partial charge in [-0.25, -0.2) is 9.98 Å². The van der Waals surface area contributed by atoms with Crippen molar-refractivity contribution in [3.05, 3.63) is 61.2 Å². The normalized spacial score (nSPS) is 14.3. The molecule has 1 unspecified atom stereocenters. The van der Waals surface area contributed by atoms with Crippen molar-refractivity contribution in [2.75, 3.05) is 35.0 Å². The standard InChI is InChI=1S/C39H50N4O2S5/c1-10-23(5)21-46-16-14-29-19-31-37(49-29)41-35(24(6)11-2)43(31)39(45)33-26(8)32-25(7)20-40-36-30(42(9)38(44)34(32)50-33)18-28(48-36)15-17-47-22-27(12-3)13-4/h11,18-20,23,27H,7,10,12-17,21-22H2,1-6,8-9H3/b24-11+,40-20?. The summed E-state index contributed by atoms with van der Waals surface area (Å²) in [6.07, 6.45) is 9.27. The molecule has 0 N–H and O–H groups in total. The molecule has 0 saturated heterocycles. The fourth-order valence-corrected chi connectivity index (χ4v) is 11.9. The molecule has 0 aliphatic carbocycles. The van der Waals surface area contributed by atoms with E-state index < -0.39 is 0 Å². The summed E-state index contributed by atoms with van der Waals surface area (Å²) in [7, 11) is 1.81. The van der Waals surface area contributed by atoms with Gasteiger partial charge in [0.1, 0.15) is 20.5 Å². The fourth-order valence-electron chi connectivity index (χ4n) is 5.86. The Hall–Kier alpha value is -2.44. The SMILES string of the molecule is C=C1C=Nc2sc(CCSCC(CC)CC)cc2N(C)C(=O)c2sc(C(=O)n3c(/C(C)=C/C)nc4sc(CCSCC(C)CC)cc43)c(C)c21. The lowest BCUT2D eigenvalue weighted by molar-refractivity contribution is 0.0965. The van der Waals surface area contributed by atoms with E-state index in [4.69, 9.17) is 9.98 Å². The van der Waals surface area contributed by atoms with Gasteiger partial charge in [-0.3, -0.25) is 14.2 Å². The average Bonchev–Trinajstić information content (AvgIpc) is 3.88. The van der Waals surface area contributed by atoms with Gasteiger partial charge in [-0.15, -0.1) is 34.0 Å². The highest BCUT2D eigenvalue weighted by atomic mass is 32.2. The number of hydrogen-bond acceptors (Lipinski definition) is 9. The van der Waals surface area contributed by atoms with Gasteiger partial charge in [0.15, 0.2) is 0 Å². The largest absolute Gasteiger partial charge is 0.308 e. The molecule has 0 radical (unpaired) electrons. The Balaban J connectivity index is 1.44. The predicted molar refractivity (Wildman–Crippen MR) is 226 cm³/mol. The minimum Gasteiger partial charge on any atom is -0.308 e. The monoisotopic (exact) mass is 766 g/mol. The van der Waals surface area contributed by atoms with Crippen molar-refractivity contribution in [1.29, 1.82) is 0 Å². The molecule has 50 heavy (non-hydrogen) atoms. The molecule has 4 aromatic heterocycles. The second kappa shape index (κ2) is 17.4. The zero-order valence-corrected chi connectivity index (χ0v) is 34.8. The highest BCUT2D eigenvalue weighted by molar-refractivity contribution is 7.99. The number of thiophene rings is 3. The van der Waals surface area contributed by atoms with Gasteiger partial charge in [0.05, 0.1) is 16.1 Å². The average molecular weight is 767 g/mol. The Morgan fingerprint density at radius 1 is 1.02 bits per heavy atom. The molecule has 1 atom stereocenters. The van der Waals surface area contributed by atoms with Gasteiger partial charge in [-0.2, -0.15) is 23.5 Å². The predicted octanol–water partition coefficient (Wildman–Crippen LogP) is 11.7. The first-order valence-electron chi connectivity index (χ1n) is 17.6. The second-order valence-corrected chi connectivity index (χ2v) is 18.7. The van der Waals surface area contributed by atoms with E-state index in [-0.39, 0.29) is 11.8 Å². The number of imidazole rings is 1. The molecule has 0 aromatic carbocycles. The van der Waals surface area contributed by atoms with E-state index in [1.807, 2.05) is 57.4 Å². The van der Waals surface area contributed by atoms with E-state index in [9.17, 15) is 9.59 Å². The topological polar surface area (TPSA) is 67.6 Å². The summed E-state index contributed by atoms with van der Waals surface area (Å²) in [6.45, 7) is 19.3. The van der Waals surface area contributed by atoms with Crippen molar-refractivity contribution >= 4 is 108 Å². The van der Waals surface area contributed by atoms with E-state index >= 15 is 0 Å². The van der Waals surface area contributed by atoms with Crippen LogP contribution in [0, 0.1) is 18.8 Å². The number of thioether (sulfide) groups is 2. The summed E-state index contributed by atoms with van der Waals surface area (Å²) in [5, 5.41) is 0.810. The molecular weight excluding hydrogens is 717 g/mol. The molecule has 0 fully saturated rings.